The molecule has 87 heavy (non-hydrogen) atoms. The van der Waals surface area contributed by atoms with Crippen LogP contribution in [0.15, 0.2) is 0 Å². The SMILES string of the molecule is CCCCCCCCCCCCCCCCCCC(=O)OC[C@H](COP(=O)(O)OC[C@@H](O)COP(=O)(O)OC[C@@H](COC(=O)CCCCCCC)OC(=O)CCCCCCCCCC)OC(=O)CCCCCCCCCCCCCCCCC(C)CC. The highest BCUT2D eigenvalue weighted by Crippen LogP contribution is 2.45. The topological polar surface area (TPSA) is 237 Å². The van der Waals surface area contributed by atoms with Gasteiger partial charge in [-0.05, 0) is 31.6 Å². The summed E-state index contributed by atoms with van der Waals surface area (Å²) in [5.74, 6) is -1.29. The van der Waals surface area contributed by atoms with Crippen molar-refractivity contribution < 1.29 is 80.2 Å². The van der Waals surface area contributed by atoms with Crippen LogP contribution in [-0.4, -0.2) is 96.7 Å². The van der Waals surface area contributed by atoms with E-state index in [9.17, 15) is 43.2 Å². The zero-order valence-electron chi connectivity index (χ0n) is 56.2. The lowest BCUT2D eigenvalue weighted by Gasteiger charge is -2.21. The monoisotopic (exact) mass is 1280 g/mol. The number of rotatable bonds is 68. The molecule has 0 fully saturated rings. The quantitative estimate of drug-likeness (QED) is 0.0222. The minimum Gasteiger partial charge on any atom is -0.462 e. The Bertz CT molecular complexity index is 1690. The van der Waals surface area contributed by atoms with Gasteiger partial charge in [0.1, 0.15) is 19.3 Å². The van der Waals surface area contributed by atoms with E-state index < -0.39 is 97.5 Å². The molecular formula is C68H132O17P2. The maximum atomic E-state index is 13.0. The average molecular weight is 1280 g/mol. The second-order valence-electron chi connectivity index (χ2n) is 24.8. The van der Waals surface area contributed by atoms with Crippen LogP contribution in [0.3, 0.4) is 0 Å². The smallest absolute Gasteiger partial charge is 0.462 e. The van der Waals surface area contributed by atoms with Crippen LogP contribution in [0.1, 0.15) is 349 Å². The summed E-state index contributed by atoms with van der Waals surface area (Å²) in [5.41, 5.74) is 0. The molecule has 0 spiro atoms. The molecule has 0 aliphatic rings. The molecule has 0 aliphatic heterocycles. The van der Waals surface area contributed by atoms with Crippen molar-refractivity contribution in [3.05, 3.63) is 0 Å². The number of phosphoric acid groups is 2. The van der Waals surface area contributed by atoms with Gasteiger partial charge in [0, 0.05) is 25.7 Å². The number of unbranched alkanes of at least 4 members (excludes halogenated alkanes) is 39. The molecule has 0 heterocycles. The molecule has 0 saturated carbocycles. The number of carbonyl (C=O) groups is 4. The van der Waals surface area contributed by atoms with Crippen molar-refractivity contribution >= 4 is 39.5 Å². The van der Waals surface area contributed by atoms with Crippen LogP contribution in [0.4, 0.5) is 0 Å². The second-order valence-corrected chi connectivity index (χ2v) is 27.7. The van der Waals surface area contributed by atoms with E-state index in [-0.39, 0.29) is 25.7 Å². The number of hydrogen-bond acceptors (Lipinski definition) is 15. The second kappa shape index (κ2) is 61.6. The minimum absolute atomic E-state index is 0.104. The van der Waals surface area contributed by atoms with Crippen molar-refractivity contribution in [1.29, 1.82) is 0 Å². The number of aliphatic hydroxyl groups excluding tert-OH is 1. The third kappa shape index (κ3) is 61.3. The lowest BCUT2D eigenvalue weighted by atomic mass is 9.99. The van der Waals surface area contributed by atoms with Crippen LogP contribution in [0.5, 0.6) is 0 Å². The molecular weight excluding hydrogens is 1150 g/mol. The van der Waals surface area contributed by atoms with E-state index in [1.54, 1.807) is 0 Å². The molecule has 6 atom stereocenters. The van der Waals surface area contributed by atoms with Crippen LogP contribution >= 0.6 is 15.6 Å². The zero-order valence-corrected chi connectivity index (χ0v) is 57.9. The molecule has 3 N–H and O–H groups in total. The summed E-state index contributed by atoms with van der Waals surface area (Å²) in [5, 5.41) is 10.5. The molecule has 19 heteroatoms. The predicted molar refractivity (Wildman–Crippen MR) is 349 cm³/mol. The number of ether oxygens (including phenoxy) is 4. The summed E-state index contributed by atoms with van der Waals surface area (Å²) < 4.78 is 67.9. The molecule has 0 aromatic rings. The first kappa shape index (κ1) is 85.1. The highest BCUT2D eigenvalue weighted by atomic mass is 31.2. The Morgan fingerprint density at radius 2 is 0.552 bits per heavy atom. The third-order valence-corrected chi connectivity index (χ3v) is 18.0. The van der Waals surface area contributed by atoms with E-state index in [1.807, 2.05) is 0 Å². The minimum atomic E-state index is -4.95. The largest absolute Gasteiger partial charge is 0.472 e. The Kier molecular flexibility index (Phi) is 60.2. The van der Waals surface area contributed by atoms with Crippen LogP contribution in [0, 0.1) is 5.92 Å². The molecule has 0 amide bonds. The van der Waals surface area contributed by atoms with Crippen LogP contribution in [-0.2, 0) is 65.4 Å². The Hall–Kier alpha value is -1.94. The first-order valence-corrected chi connectivity index (χ1v) is 38.7. The van der Waals surface area contributed by atoms with Gasteiger partial charge < -0.3 is 33.8 Å². The highest BCUT2D eigenvalue weighted by molar-refractivity contribution is 7.47. The van der Waals surface area contributed by atoms with E-state index >= 15 is 0 Å². The van der Waals surface area contributed by atoms with Crippen molar-refractivity contribution in [3.8, 4) is 0 Å². The predicted octanol–water partition coefficient (Wildman–Crippen LogP) is 19.4. The summed E-state index contributed by atoms with van der Waals surface area (Å²) in [6, 6.07) is 0. The summed E-state index contributed by atoms with van der Waals surface area (Å²) in [7, 11) is -9.88. The molecule has 0 radical (unpaired) electrons. The van der Waals surface area contributed by atoms with Crippen molar-refractivity contribution in [3.63, 3.8) is 0 Å². The Morgan fingerprint density at radius 3 is 0.816 bits per heavy atom. The van der Waals surface area contributed by atoms with Crippen LogP contribution < -0.4 is 0 Å². The van der Waals surface area contributed by atoms with Gasteiger partial charge >= 0.3 is 39.5 Å². The first-order chi connectivity index (χ1) is 42.1. The van der Waals surface area contributed by atoms with Crippen molar-refractivity contribution in [2.75, 3.05) is 39.6 Å². The maximum absolute atomic E-state index is 13.0. The van der Waals surface area contributed by atoms with Gasteiger partial charge in [0.25, 0.3) is 0 Å². The van der Waals surface area contributed by atoms with E-state index in [0.717, 1.165) is 109 Å². The van der Waals surface area contributed by atoms with Gasteiger partial charge in [-0.15, -0.1) is 0 Å². The fraction of sp³-hybridized carbons (Fsp3) is 0.941. The maximum Gasteiger partial charge on any atom is 0.472 e. The lowest BCUT2D eigenvalue weighted by Crippen LogP contribution is -2.30. The van der Waals surface area contributed by atoms with E-state index in [1.165, 1.54) is 161 Å². The highest BCUT2D eigenvalue weighted by Gasteiger charge is 2.30. The fourth-order valence-corrected chi connectivity index (χ4v) is 11.8. The Balaban J connectivity index is 5.13. The summed E-state index contributed by atoms with van der Waals surface area (Å²) in [6.07, 6.45) is 47.6. The summed E-state index contributed by atoms with van der Waals surface area (Å²) >= 11 is 0. The molecule has 0 aliphatic carbocycles. The van der Waals surface area contributed by atoms with Crippen molar-refractivity contribution in [2.45, 2.75) is 368 Å². The van der Waals surface area contributed by atoms with Gasteiger partial charge in [-0.25, -0.2) is 9.13 Å². The fourth-order valence-electron chi connectivity index (χ4n) is 10.3. The van der Waals surface area contributed by atoms with Crippen LogP contribution in [0.25, 0.3) is 0 Å². The zero-order chi connectivity index (χ0) is 64.2. The van der Waals surface area contributed by atoms with Crippen LogP contribution in [0.2, 0.25) is 0 Å². The lowest BCUT2D eigenvalue weighted by molar-refractivity contribution is -0.161. The van der Waals surface area contributed by atoms with E-state index in [4.69, 9.17) is 37.0 Å². The van der Waals surface area contributed by atoms with Crippen molar-refractivity contribution in [2.24, 2.45) is 5.92 Å². The molecule has 0 aromatic carbocycles. The number of carbonyl (C=O) groups excluding carboxylic acids is 4. The van der Waals surface area contributed by atoms with Gasteiger partial charge in [-0.1, -0.05) is 298 Å². The number of phosphoric ester groups is 2. The normalized spacial score (nSPS) is 14.4. The standard InChI is InChI=1S/C68H132O17P2/c1-6-10-13-16-18-20-21-22-23-24-28-31-34-38-42-47-52-66(71)79-58-64(85-68(73)54-49-44-39-35-32-29-26-25-27-30-33-36-41-45-50-61(5)9-4)60-83-87(76,77)81-56-62(69)55-80-86(74,75)82-59-63(57-78-65(70)51-46-40-15-12-8-3)84-67(72)53-48-43-37-19-17-14-11-7-2/h61-64,69H,6-60H2,1-5H3,(H,74,75)(H,76,77)/t61?,62-,63+,64+/m0/s1. The molecule has 3 unspecified atom stereocenters. The Labute approximate surface area is 530 Å². The van der Waals surface area contributed by atoms with Gasteiger partial charge in [0.15, 0.2) is 12.2 Å². The van der Waals surface area contributed by atoms with Gasteiger partial charge in [0.2, 0.25) is 0 Å². The first-order valence-electron chi connectivity index (χ1n) is 35.7. The summed E-state index contributed by atoms with van der Waals surface area (Å²) in [4.78, 5) is 72.1. The molecule has 0 saturated heterocycles. The summed E-state index contributed by atoms with van der Waals surface area (Å²) in [6.45, 7) is 7.17. The van der Waals surface area contributed by atoms with E-state index in [0.29, 0.717) is 25.7 Å². The van der Waals surface area contributed by atoms with E-state index in [2.05, 4.69) is 34.6 Å². The molecule has 0 aromatic heterocycles. The molecule has 516 valence electrons. The molecule has 17 nitrogen and oxygen atoms in total. The van der Waals surface area contributed by atoms with Gasteiger partial charge in [-0.2, -0.15) is 0 Å². The van der Waals surface area contributed by atoms with Crippen molar-refractivity contribution in [1.82, 2.24) is 0 Å². The average Bonchev–Trinajstić information content (AvgIpc) is 3.65. The number of hydrogen-bond donors (Lipinski definition) is 3. The molecule has 0 rings (SSSR count). The van der Waals surface area contributed by atoms with Gasteiger partial charge in [-0.3, -0.25) is 37.3 Å². The van der Waals surface area contributed by atoms with Gasteiger partial charge in [0.05, 0.1) is 26.4 Å². The molecule has 0 bridgehead atoms. The Morgan fingerprint density at radius 1 is 0.322 bits per heavy atom. The number of esters is 4. The third-order valence-electron chi connectivity index (χ3n) is 16.1. The number of aliphatic hydroxyl groups is 1.